The van der Waals surface area contributed by atoms with Crippen molar-refractivity contribution in [3.8, 4) is 0 Å². The van der Waals surface area contributed by atoms with Gasteiger partial charge in [-0.25, -0.2) is 0 Å². The summed E-state index contributed by atoms with van der Waals surface area (Å²) >= 11 is 0. The highest BCUT2D eigenvalue weighted by atomic mass is 16.1. The van der Waals surface area contributed by atoms with Gasteiger partial charge in [0.2, 0.25) is 5.91 Å². The number of hydrogen-bond donors (Lipinski definition) is 2. The minimum absolute atomic E-state index is 0.113. The first-order valence-corrected chi connectivity index (χ1v) is 6.11. The molecular weight excluding hydrogens is 226 g/mol. The maximum atomic E-state index is 10.8. The first kappa shape index (κ1) is 14.5. The quantitative estimate of drug-likeness (QED) is 0.831. The van der Waals surface area contributed by atoms with Crippen LogP contribution in [0.3, 0.4) is 0 Å². The third kappa shape index (κ3) is 5.19. The van der Waals surface area contributed by atoms with Gasteiger partial charge in [0.15, 0.2) is 0 Å². The number of carbonyl (C=O) groups is 1. The van der Waals surface area contributed by atoms with Gasteiger partial charge in [0.05, 0.1) is 6.54 Å². The van der Waals surface area contributed by atoms with E-state index in [1.165, 1.54) is 5.56 Å². The molecule has 1 amide bonds. The molecule has 100 valence electrons. The van der Waals surface area contributed by atoms with E-state index in [2.05, 4.69) is 38.2 Å². The Hall–Kier alpha value is -1.55. The predicted octanol–water partition coefficient (Wildman–Crippen LogP) is 1.50. The minimum Gasteiger partial charge on any atom is -0.368 e. The van der Waals surface area contributed by atoms with Crippen molar-refractivity contribution in [2.24, 2.45) is 5.73 Å². The summed E-state index contributed by atoms with van der Waals surface area (Å²) in [4.78, 5) is 12.7. The summed E-state index contributed by atoms with van der Waals surface area (Å²) in [7, 11) is 1.85. The smallest absolute Gasteiger partial charge is 0.236 e. The van der Waals surface area contributed by atoms with Gasteiger partial charge >= 0.3 is 0 Å². The highest BCUT2D eigenvalue weighted by Gasteiger charge is 2.08. The number of hydrogen-bond acceptors (Lipinski definition) is 3. The van der Waals surface area contributed by atoms with Crippen molar-refractivity contribution in [2.45, 2.75) is 32.9 Å². The normalized spacial score (nSPS) is 11.3. The highest BCUT2D eigenvalue weighted by molar-refractivity contribution is 5.79. The van der Waals surface area contributed by atoms with Gasteiger partial charge in [0.25, 0.3) is 0 Å². The number of nitrogens with two attached hydrogens (primary N) is 1. The minimum atomic E-state index is -0.323. The van der Waals surface area contributed by atoms with Crippen molar-refractivity contribution < 1.29 is 4.79 Å². The van der Waals surface area contributed by atoms with Crippen molar-refractivity contribution >= 4 is 11.6 Å². The Labute approximate surface area is 109 Å². The Kier molecular flexibility index (Phi) is 4.73. The molecule has 0 atom stereocenters. The number of nitrogens with zero attached hydrogens (tertiary/aromatic N) is 1. The predicted molar refractivity (Wildman–Crippen MR) is 75.5 cm³/mol. The van der Waals surface area contributed by atoms with Crippen molar-refractivity contribution in [3.05, 3.63) is 29.8 Å². The average Bonchev–Trinajstić information content (AvgIpc) is 2.25. The molecule has 0 bridgehead atoms. The molecule has 0 aliphatic rings. The molecule has 0 unspecified atom stereocenters. The molecular formula is C14H23N3O. The van der Waals surface area contributed by atoms with E-state index in [1.54, 1.807) is 0 Å². The molecule has 4 nitrogen and oxygen atoms in total. The van der Waals surface area contributed by atoms with Crippen LogP contribution < -0.4 is 16.0 Å². The first-order valence-electron chi connectivity index (χ1n) is 6.11. The van der Waals surface area contributed by atoms with Crippen LogP contribution in [0, 0.1) is 0 Å². The van der Waals surface area contributed by atoms with Gasteiger partial charge in [-0.3, -0.25) is 4.79 Å². The average molecular weight is 249 g/mol. The van der Waals surface area contributed by atoms with Crippen LogP contribution in [0.25, 0.3) is 0 Å². The Morgan fingerprint density at radius 1 is 1.28 bits per heavy atom. The molecule has 0 fully saturated rings. The van der Waals surface area contributed by atoms with E-state index < -0.39 is 0 Å². The van der Waals surface area contributed by atoms with Crippen molar-refractivity contribution in [3.63, 3.8) is 0 Å². The molecule has 0 heterocycles. The fraction of sp³-hybridized carbons (Fsp3) is 0.500. The topological polar surface area (TPSA) is 58.4 Å². The number of amides is 1. The summed E-state index contributed by atoms with van der Waals surface area (Å²) in [5.41, 5.74) is 7.50. The Morgan fingerprint density at radius 3 is 2.28 bits per heavy atom. The Bertz CT molecular complexity index is 392. The van der Waals surface area contributed by atoms with E-state index in [9.17, 15) is 4.79 Å². The SMILES string of the molecule is CN(CC(N)=O)c1ccc(CNC(C)(C)C)cc1. The summed E-state index contributed by atoms with van der Waals surface area (Å²) in [6.07, 6.45) is 0. The molecule has 0 radical (unpaired) electrons. The van der Waals surface area contributed by atoms with E-state index in [4.69, 9.17) is 5.73 Å². The molecule has 0 aliphatic heterocycles. The summed E-state index contributed by atoms with van der Waals surface area (Å²) in [6.45, 7) is 7.49. The molecule has 3 N–H and O–H groups in total. The van der Waals surface area contributed by atoms with Gasteiger partial charge in [-0.05, 0) is 38.5 Å². The number of primary amides is 1. The molecule has 1 rings (SSSR count). The molecule has 0 saturated heterocycles. The van der Waals surface area contributed by atoms with Crippen LogP contribution in [-0.2, 0) is 11.3 Å². The van der Waals surface area contributed by atoms with Gasteiger partial charge in [0, 0.05) is 24.8 Å². The molecule has 0 aliphatic carbocycles. The summed E-state index contributed by atoms with van der Waals surface area (Å²) < 4.78 is 0. The monoisotopic (exact) mass is 249 g/mol. The number of nitrogens with one attached hydrogen (secondary N) is 1. The molecule has 18 heavy (non-hydrogen) atoms. The fourth-order valence-electron chi connectivity index (χ4n) is 1.56. The summed E-state index contributed by atoms with van der Waals surface area (Å²) in [5, 5.41) is 3.43. The number of benzene rings is 1. The second-order valence-corrected chi connectivity index (χ2v) is 5.59. The third-order valence-corrected chi connectivity index (χ3v) is 2.59. The van der Waals surface area contributed by atoms with Crippen molar-refractivity contribution in [1.82, 2.24) is 5.32 Å². The van der Waals surface area contributed by atoms with Crippen LogP contribution >= 0.6 is 0 Å². The van der Waals surface area contributed by atoms with E-state index in [0.29, 0.717) is 0 Å². The first-order chi connectivity index (χ1) is 8.28. The lowest BCUT2D eigenvalue weighted by Gasteiger charge is -2.21. The molecule has 1 aromatic carbocycles. The lowest BCUT2D eigenvalue weighted by molar-refractivity contribution is -0.116. The lowest BCUT2D eigenvalue weighted by Crippen LogP contribution is -2.35. The standard InChI is InChI=1S/C14H23N3O/c1-14(2,3)16-9-11-5-7-12(8-6-11)17(4)10-13(15)18/h5-8,16H,9-10H2,1-4H3,(H2,15,18). The fourth-order valence-corrected chi connectivity index (χ4v) is 1.56. The third-order valence-electron chi connectivity index (χ3n) is 2.59. The summed E-state index contributed by atoms with van der Waals surface area (Å²) in [6, 6.07) is 8.13. The van der Waals surface area contributed by atoms with E-state index in [0.717, 1.165) is 12.2 Å². The zero-order chi connectivity index (χ0) is 13.8. The number of likely N-dealkylation sites (N-methyl/N-ethyl adjacent to an activating group) is 1. The zero-order valence-electron chi connectivity index (χ0n) is 11.7. The largest absolute Gasteiger partial charge is 0.368 e. The molecule has 0 saturated carbocycles. The molecule has 4 heteroatoms. The van der Waals surface area contributed by atoms with Crippen LogP contribution in [0.2, 0.25) is 0 Å². The van der Waals surface area contributed by atoms with Crippen LogP contribution in [0.1, 0.15) is 26.3 Å². The van der Waals surface area contributed by atoms with Gasteiger partial charge in [-0.2, -0.15) is 0 Å². The second-order valence-electron chi connectivity index (χ2n) is 5.59. The number of carbonyl (C=O) groups excluding carboxylic acids is 1. The Balaban J connectivity index is 2.60. The van der Waals surface area contributed by atoms with Gasteiger partial charge < -0.3 is 16.0 Å². The highest BCUT2D eigenvalue weighted by Crippen LogP contribution is 2.14. The lowest BCUT2D eigenvalue weighted by atomic mass is 10.1. The number of anilines is 1. The van der Waals surface area contributed by atoms with E-state index in [1.807, 2.05) is 24.1 Å². The molecule has 0 spiro atoms. The van der Waals surface area contributed by atoms with E-state index in [-0.39, 0.29) is 18.0 Å². The van der Waals surface area contributed by atoms with Crippen LogP contribution in [-0.4, -0.2) is 25.0 Å². The maximum absolute atomic E-state index is 10.8. The molecule has 0 aromatic heterocycles. The Morgan fingerprint density at radius 2 is 1.83 bits per heavy atom. The zero-order valence-corrected chi connectivity index (χ0v) is 11.7. The van der Waals surface area contributed by atoms with Crippen molar-refractivity contribution in [2.75, 3.05) is 18.5 Å². The van der Waals surface area contributed by atoms with Crippen molar-refractivity contribution in [1.29, 1.82) is 0 Å². The van der Waals surface area contributed by atoms with Crippen LogP contribution in [0.15, 0.2) is 24.3 Å². The molecule has 1 aromatic rings. The van der Waals surface area contributed by atoms with Crippen LogP contribution in [0.4, 0.5) is 5.69 Å². The van der Waals surface area contributed by atoms with Gasteiger partial charge in [0.1, 0.15) is 0 Å². The van der Waals surface area contributed by atoms with E-state index >= 15 is 0 Å². The second kappa shape index (κ2) is 5.87. The van der Waals surface area contributed by atoms with Gasteiger partial charge in [-0.1, -0.05) is 12.1 Å². The van der Waals surface area contributed by atoms with Gasteiger partial charge in [-0.15, -0.1) is 0 Å². The maximum Gasteiger partial charge on any atom is 0.236 e. The number of rotatable bonds is 5. The summed E-state index contributed by atoms with van der Waals surface area (Å²) in [5.74, 6) is -0.323. The van der Waals surface area contributed by atoms with Crippen LogP contribution in [0.5, 0.6) is 0 Å².